The maximum absolute atomic E-state index is 12.2. The van der Waals surface area contributed by atoms with Crippen LogP contribution in [0.25, 0.3) is 0 Å². The molecule has 0 unspecified atom stereocenters. The number of carbonyl (C=O) groups excluding carboxylic acids is 2. The SMILES string of the molecule is O=C(CCCNC(=O)c1ccc(Cl)cc1)Nc1ccc2c(c1)OC1(CCCC1)O2. The van der Waals surface area contributed by atoms with Gasteiger partial charge in [-0.3, -0.25) is 9.59 Å². The summed E-state index contributed by atoms with van der Waals surface area (Å²) in [6.45, 7) is 0.415. The molecule has 1 saturated carbocycles. The van der Waals surface area contributed by atoms with Gasteiger partial charge in [0.15, 0.2) is 11.5 Å². The lowest BCUT2D eigenvalue weighted by Gasteiger charge is -2.21. The third kappa shape index (κ3) is 4.65. The standard InChI is InChI=1S/C22H23ClN2O4/c23-16-7-5-15(6-8-16)21(27)24-13-3-4-20(26)25-17-9-10-18-19(14-17)29-22(28-18)11-1-2-12-22/h5-10,14H,1-4,11-13H2,(H,24,27)(H,25,26). The van der Waals surface area contributed by atoms with Gasteiger partial charge in [0.2, 0.25) is 5.91 Å². The lowest BCUT2D eigenvalue weighted by Crippen LogP contribution is -2.34. The monoisotopic (exact) mass is 414 g/mol. The second kappa shape index (κ2) is 8.33. The van der Waals surface area contributed by atoms with Crippen LogP contribution < -0.4 is 20.1 Å². The second-order valence-electron chi connectivity index (χ2n) is 7.40. The summed E-state index contributed by atoms with van der Waals surface area (Å²) in [4.78, 5) is 24.2. The fraction of sp³-hybridized carbons (Fsp3) is 0.364. The lowest BCUT2D eigenvalue weighted by atomic mass is 10.2. The van der Waals surface area contributed by atoms with E-state index in [0.717, 1.165) is 31.4 Å². The maximum Gasteiger partial charge on any atom is 0.251 e. The topological polar surface area (TPSA) is 76.7 Å². The predicted octanol–water partition coefficient (Wildman–Crippen LogP) is 4.53. The van der Waals surface area contributed by atoms with E-state index in [1.807, 2.05) is 18.2 Å². The maximum atomic E-state index is 12.2. The van der Waals surface area contributed by atoms with Gasteiger partial charge in [-0.05, 0) is 55.7 Å². The summed E-state index contributed by atoms with van der Waals surface area (Å²) in [6, 6.07) is 12.1. The van der Waals surface area contributed by atoms with Crippen molar-refractivity contribution in [1.29, 1.82) is 0 Å². The van der Waals surface area contributed by atoms with Gasteiger partial charge in [-0.15, -0.1) is 0 Å². The van der Waals surface area contributed by atoms with Crippen molar-refractivity contribution in [1.82, 2.24) is 5.32 Å². The number of benzene rings is 2. The van der Waals surface area contributed by atoms with Crippen LogP contribution in [0.5, 0.6) is 11.5 Å². The van der Waals surface area contributed by atoms with Gasteiger partial charge in [-0.2, -0.15) is 0 Å². The highest BCUT2D eigenvalue weighted by Gasteiger charge is 2.44. The molecule has 1 aliphatic carbocycles. The van der Waals surface area contributed by atoms with Crippen LogP contribution in [0.15, 0.2) is 42.5 Å². The Bertz CT molecular complexity index is 908. The van der Waals surface area contributed by atoms with Gasteiger partial charge in [0.25, 0.3) is 11.7 Å². The Hall–Kier alpha value is -2.73. The molecule has 152 valence electrons. The largest absolute Gasteiger partial charge is 0.448 e. The number of hydrogen-bond acceptors (Lipinski definition) is 4. The van der Waals surface area contributed by atoms with Crippen LogP contribution in [0, 0.1) is 0 Å². The van der Waals surface area contributed by atoms with Crippen LogP contribution in [0.2, 0.25) is 5.02 Å². The van der Waals surface area contributed by atoms with E-state index in [1.54, 1.807) is 24.3 Å². The fourth-order valence-electron chi connectivity index (χ4n) is 3.67. The van der Waals surface area contributed by atoms with Crippen LogP contribution in [0.3, 0.4) is 0 Å². The van der Waals surface area contributed by atoms with Crippen molar-refractivity contribution < 1.29 is 19.1 Å². The number of amides is 2. The van der Waals surface area contributed by atoms with Gasteiger partial charge in [0, 0.05) is 48.1 Å². The zero-order chi connectivity index (χ0) is 20.3. The molecule has 1 spiro atoms. The Morgan fingerprint density at radius 2 is 1.72 bits per heavy atom. The Labute approximate surface area is 174 Å². The van der Waals surface area contributed by atoms with Gasteiger partial charge in [0.05, 0.1) is 0 Å². The van der Waals surface area contributed by atoms with Crippen LogP contribution in [0.4, 0.5) is 5.69 Å². The molecule has 1 heterocycles. The summed E-state index contributed by atoms with van der Waals surface area (Å²) < 4.78 is 12.0. The molecule has 0 aromatic heterocycles. The highest BCUT2D eigenvalue weighted by molar-refractivity contribution is 6.30. The van der Waals surface area contributed by atoms with Crippen molar-refractivity contribution >= 4 is 29.1 Å². The molecule has 6 nitrogen and oxygen atoms in total. The van der Waals surface area contributed by atoms with E-state index >= 15 is 0 Å². The molecule has 29 heavy (non-hydrogen) atoms. The number of hydrogen-bond donors (Lipinski definition) is 2. The van der Waals surface area contributed by atoms with Gasteiger partial charge in [-0.25, -0.2) is 0 Å². The van der Waals surface area contributed by atoms with E-state index in [4.69, 9.17) is 21.1 Å². The Morgan fingerprint density at radius 1 is 1.00 bits per heavy atom. The third-order valence-electron chi connectivity index (χ3n) is 5.16. The van der Waals surface area contributed by atoms with Crippen LogP contribution in [-0.2, 0) is 4.79 Å². The zero-order valence-electron chi connectivity index (χ0n) is 16.0. The summed E-state index contributed by atoms with van der Waals surface area (Å²) in [7, 11) is 0. The van der Waals surface area contributed by atoms with Gasteiger partial charge >= 0.3 is 0 Å². The molecule has 0 radical (unpaired) electrons. The first-order valence-corrected chi connectivity index (χ1v) is 10.3. The molecule has 0 saturated heterocycles. The van der Waals surface area contributed by atoms with E-state index in [1.165, 1.54) is 0 Å². The first-order valence-electron chi connectivity index (χ1n) is 9.89. The molecular formula is C22H23ClN2O4. The first-order chi connectivity index (χ1) is 14.0. The first kappa shape index (κ1) is 19.6. The molecular weight excluding hydrogens is 392 g/mol. The van der Waals surface area contributed by atoms with E-state index in [-0.39, 0.29) is 11.8 Å². The predicted molar refractivity (Wildman–Crippen MR) is 111 cm³/mol. The molecule has 2 aromatic rings. The summed E-state index contributed by atoms with van der Waals surface area (Å²) in [5.74, 6) is 0.612. The highest BCUT2D eigenvalue weighted by Crippen LogP contribution is 2.47. The average molecular weight is 415 g/mol. The minimum atomic E-state index is -0.507. The van der Waals surface area contributed by atoms with Crippen molar-refractivity contribution in [3.05, 3.63) is 53.1 Å². The van der Waals surface area contributed by atoms with Gasteiger partial charge < -0.3 is 20.1 Å². The molecule has 1 aliphatic heterocycles. The number of anilines is 1. The van der Waals surface area contributed by atoms with E-state index < -0.39 is 5.79 Å². The van der Waals surface area contributed by atoms with Gasteiger partial charge in [0.1, 0.15) is 0 Å². The lowest BCUT2D eigenvalue weighted by molar-refractivity contribution is -0.116. The molecule has 0 bridgehead atoms. The zero-order valence-corrected chi connectivity index (χ0v) is 16.8. The normalized spacial score (nSPS) is 16.0. The summed E-state index contributed by atoms with van der Waals surface area (Å²) >= 11 is 5.82. The van der Waals surface area contributed by atoms with Crippen molar-refractivity contribution in [3.8, 4) is 11.5 Å². The molecule has 2 N–H and O–H groups in total. The number of nitrogens with one attached hydrogen (secondary N) is 2. The molecule has 7 heteroatoms. The van der Waals surface area contributed by atoms with Gasteiger partial charge in [-0.1, -0.05) is 11.6 Å². The smallest absolute Gasteiger partial charge is 0.251 e. The van der Waals surface area contributed by atoms with Crippen molar-refractivity contribution in [2.24, 2.45) is 0 Å². The summed E-state index contributed by atoms with van der Waals surface area (Å²) in [5, 5.41) is 6.26. The average Bonchev–Trinajstić information content (AvgIpc) is 3.31. The summed E-state index contributed by atoms with van der Waals surface area (Å²) in [5.41, 5.74) is 1.22. The molecule has 2 aromatic carbocycles. The van der Waals surface area contributed by atoms with E-state index in [9.17, 15) is 9.59 Å². The number of halogens is 1. The van der Waals surface area contributed by atoms with Crippen molar-refractivity contribution in [3.63, 3.8) is 0 Å². The Kier molecular flexibility index (Phi) is 5.62. The number of rotatable bonds is 6. The number of ether oxygens (including phenoxy) is 2. The Balaban J connectivity index is 1.21. The van der Waals surface area contributed by atoms with E-state index in [0.29, 0.717) is 41.4 Å². The molecule has 0 atom stereocenters. The third-order valence-corrected chi connectivity index (χ3v) is 5.41. The number of fused-ring (bicyclic) bond motifs is 1. The second-order valence-corrected chi connectivity index (χ2v) is 7.83. The quantitative estimate of drug-likeness (QED) is 0.681. The highest BCUT2D eigenvalue weighted by atomic mass is 35.5. The number of carbonyl (C=O) groups is 2. The minimum absolute atomic E-state index is 0.111. The van der Waals surface area contributed by atoms with Crippen LogP contribution in [-0.4, -0.2) is 24.1 Å². The van der Waals surface area contributed by atoms with Crippen LogP contribution >= 0.6 is 11.6 Å². The molecule has 1 fully saturated rings. The van der Waals surface area contributed by atoms with Crippen LogP contribution in [0.1, 0.15) is 48.9 Å². The minimum Gasteiger partial charge on any atom is -0.448 e. The fourth-order valence-corrected chi connectivity index (χ4v) is 3.79. The van der Waals surface area contributed by atoms with E-state index in [2.05, 4.69) is 10.6 Å². The Morgan fingerprint density at radius 3 is 2.48 bits per heavy atom. The molecule has 2 aliphatic rings. The molecule has 2 amide bonds. The van der Waals surface area contributed by atoms with Crippen molar-refractivity contribution in [2.45, 2.75) is 44.3 Å². The summed E-state index contributed by atoms with van der Waals surface area (Å²) in [6.07, 6.45) is 4.84. The molecule has 4 rings (SSSR count). The van der Waals surface area contributed by atoms with Crippen molar-refractivity contribution in [2.75, 3.05) is 11.9 Å².